The lowest BCUT2D eigenvalue weighted by atomic mass is 10.1. The molecule has 1 fully saturated rings. The minimum absolute atomic E-state index is 0.00688. The Morgan fingerprint density at radius 1 is 0.925 bits per heavy atom. The average Bonchev–Trinajstić information content (AvgIpc) is 3.45. The highest BCUT2D eigenvalue weighted by atomic mass is 16.6. The molecular weight excluding hydrogens is 514 g/mol. The van der Waals surface area contributed by atoms with Gasteiger partial charge in [0.2, 0.25) is 5.91 Å². The van der Waals surface area contributed by atoms with Crippen LogP contribution in [0.15, 0.2) is 78.9 Å². The number of imide groups is 1. The number of hydrogen-bond donors (Lipinski definition) is 0. The van der Waals surface area contributed by atoms with E-state index >= 15 is 0 Å². The summed E-state index contributed by atoms with van der Waals surface area (Å²) in [5, 5.41) is 13.3. The van der Waals surface area contributed by atoms with E-state index in [1.165, 1.54) is 36.4 Å². The van der Waals surface area contributed by atoms with Crippen LogP contribution in [0.4, 0.5) is 17.1 Å². The summed E-state index contributed by atoms with van der Waals surface area (Å²) in [7, 11) is 0. The zero-order chi connectivity index (χ0) is 28.1. The van der Waals surface area contributed by atoms with Crippen molar-refractivity contribution in [1.29, 1.82) is 0 Å². The summed E-state index contributed by atoms with van der Waals surface area (Å²) in [6, 6.07) is 21.7. The van der Waals surface area contributed by atoms with Crippen molar-refractivity contribution in [2.24, 2.45) is 5.92 Å². The highest BCUT2D eigenvalue weighted by Crippen LogP contribution is 2.37. The summed E-state index contributed by atoms with van der Waals surface area (Å²) in [5.41, 5.74) is 0.663. The van der Waals surface area contributed by atoms with Crippen molar-refractivity contribution in [3.8, 4) is 5.75 Å². The predicted molar refractivity (Wildman–Crippen MR) is 145 cm³/mol. The smallest absolute Gasteiger partial charge is 0.316 e. The van der Waals surface area contributed by atoms with E-state index in [0.717, 1.165) is 21.4 Å². The van der Waals surface area contributed by atoms with Gasteiger partial charge in [0.1, 0.15) is 11.3 Å². The van der Waals surface area contributed by atoms with Gasteiger partial charge in [0.25, 0.3) is 17.5 Å². The van der Waals surface area contributed by atoms with E-state index in [0.29, 0.717) is 5.56 Å². The summed E-state index contributed by atoms with van der Waals surface area (Å²) in [5.74, 6) is -2.70. The van der Waals surface area contributed by atoms with E-state index in [2.05, 4.69) is 0 Å². The maximum absolute atomic E-state index is 13.1. The summed E-state index contributed by atoms with van der Waals surface area (Å²) >= 11 is 0. The molecule has 0 unspecified atom stereocenters. The number of carbonyl (C=O) groups excluding carboxylic acids is 4. The number of nitro benzene ring substituents is 1. The van der Waals surface area contributed by atoms with Gasteiger partial charge in [0.05, 0.1) is 27.8 Å². The van der Waals surface area contributed by atoms with Crippen LogP contribution in [0.2, 0.25) is 0 Å². The number of anilines is 2. The van der Waals surface area contributed by atoms with E-state index in [1.807, 2.05) is 42.5 Å². The molecule has 10 nitrogen and oxygen atoms in total. The van der Waals surface area contributed by atoms with Crippen molar-refractivity contribution in [1.82, 2.24) is 0 Å². The van der Waals surface area contributed by atoms with Crippen LogP contribution in [0.1, 0.15) is 32.7 Å². The Bertz CT molecular complexity index is 1780. The molecule has 3 amide bonds. The highest BCUT2D eigenvalue weighted by molar-refractivity contribution is 6.35. The first kappa shape index (κ1) is 24.9. The van der Waals surface area contributed by atoms with Gasteiger partial charge in [-0.1, -0.05) is 42.5 Å². The number of rotatable bonds is 5. The molecule has 40 heavy (non-hydrogen) atoms. The third-order valence-electron chi connectivity index (χ3n) is 7.23. The van der Waals surface area contributed by atoms with Crippen LogP contribution < -0.4 is 14.5 Å². The minimum atomic E-state index is -0.793. The van der Waals surface area contributed by atoms with Gasteiger partial charge in [-0.2, -0.15) is 0 Å². The number of ether oxygens (including phenoxy) is 1. The molecule has 10 heteroatoms. The van der Waals surface area contributed by atoms with Gasteiger partial charge in [-0.3, -0.25) is 29.3 Å². The highest BCUT2D eigenvalue weighted by Gasteiger charge is 2.42. The van der Waals surface area contributed by atoms with Gasteiger partial charge >= 0.3 is 5.97 Å². The monoisotopic (exact) mass is 535 g/mol. The van der Waals surface area contributed by atoms with Crippen molar-refractivity contribution in [2.45, 2.75) is 13.3 Å². The molecule has 0 bridgehead atoms. The first-order chi connectivity index (χ1) is 19.2. The largest absolute Gasteiger partial charge is 0.426 e. The van der Waals surface area contributed by atoms with Crippen LogP contribution >= 0.6 is 0 Å². The Kier molecular flexibility index (Phi) is 5.87. The van der Waals surface area contributed by atoms with E-state index < -0.39 is 34.3 Å². The number of esters is 1. The predicted octanol–water partition coefficient (Wildman–Crippen LogP) is 4.82. The molecule has 2 heterocycles. The molecule has 0 N–H and O–H groups in total. The quantitative estimate of drug-likeness (QED) is 0.118. The van der Waals surface area contributed by atoms with Crippen LogP contribution in [0.5, 0.6) is 5.75 Å². The minimum Gasteiger partial charge on any atom is -0.426 e. The Hall–Kier alpha value is -5.38. The second-order valence-electron chi connectivity index (χ2n) is 9.68. The Morgan fingerprint density at radius 2 is 1.68 bits per heavy atom. The summed E-state index contributed by atoms with van der Waals surface area (Å²) in [4.78, 5) is 65.1. The summed E-state index contributed by atoms with van der Waals surface area (Å²) in [6.07, 6.45) is 0.00688. The van der Waals surface area contributed by atoms with E-state index in [4.69, 9.17) is 4.74 Å². The molecule has 4 aromatic carbocycles. The number of nitro groups is 1. The normalized spacial score (nSPS) is 16.5. The van der Waals surface area contributed by atoms with Crippen molar-refractivity contribution in [3.63, 3.8) is 0 Å². The van der Waals surface area contributed by atoms with E-state index in [-0.39, 0.29) is 41.4 Å². The molecule has 2 aliphatic heterocycles. The summed E-state index contributed by atoms with van der Waals surface area (Å²) < 4.78 is 5.59. The number of amides is 3. The van der Waals surface area contributed by atoms with Gasteiger partial charge in [-0.15, -0.1) is 0 Å². The molecule has 1 saturated heterocycles. The van der Waals surface area contributed by atoms with Gasteiger partial charge in [-0.25, -0.2) is 4.90 Å². The molecule has 2 aliphatic rings. The fourth-order valence-electron chi connectivity index (χ4n) is 5.32. The van der Waals surface area contributed by atoms with E-state index in [9.17, 15) is 29.3 Å². The van der Waals surface area contributed by atoms with Crippen LogP contribution in [0, 0.1) is 23.0 Å². The third-order valence-corrected chi connectivity index (χ3v) is 7.23. The fourth-order valence-corrected chi connectivity index (χ4v) is 5.32. The molecule has 1 atom stereocenters. The van der Waals surface area contributed by atoms with Crippen molar-refractivity contribution in [2.75, 3.05) is 16.3 Å². The number of benzene rings is 4. The van der Waals surface area contributed by atoms with E-state index in [1.54, 1.807) is 11.8 Å². The standard InChI is InChI=1S/C30H21N3O7/c1-17-14-20(12-13-23(17)32-28(35)22-9-5-11-25(33(38)39)27(22)29(32)36)40-30(37)19-15-26(34)31(16-19)24-10-4-7-18-6-2-3-8-21(18)24/h2-14,19H,15-16H2,1H3/t19-/m0/s1. The van der Waals surface area contributed by atoms with Gasteiger partial charge in [0, 0.05) is 24.4 Å². The van der Waals surface area contributed by atoms with Crippen molar-refractivity contribution >= 4 is 51.5 Å². The zero-order valence-electron chi connectivity index (χ0n) is 21.2. The Morgan fingerprint density at radius 3 is 2.45 bits per heavy atom. The first-order valence-corrected chi connectivity index (χ1v) is 12.5. The number of nitrogens with zero attached hydrogens (tertiary/aromatic N) is 3. The van der Waals surface area contributed by atoms with Crippen LogP contribution in [-0.4, -0.2) is 35.2 Å². The third kappa shape index (κ3) is 3.97. The number of hydrogen-bond acceptors (Lipinski definition) is 7. The molecule has 0 radical (unpaired) electrons. The molecular formula is C30H21N3O7. The maximum Gasteiger partial charge on any atom is 0.316 e. The van der Waals surface area contributed by atoms with Crippen LogP contribution in [-0.2, 0) is 9.59 Å². The lowest BCUT2D eigenvalue weighted by Crippen LogP contribution is -2.30. The van der Waals surface area contributed by atoms with Gasteiger partial charge in [-0.05, 0) is 48.2 Å². The Labute approximate surface area is 227 Å². The van der Waals surface area contributed by atoms with Crippen LogP contribution in [0.25, 0.3) is 10.8 Å². The second kappa shape index (κ2) is 9.42. The number of carbonyl (C=O) groups is 4. The fraction of sp³-hybridized carbons (Fsp3) is 0.133. The Balaban J connectivity index is 1.20. The van der Waals surface area contributed by atoms with Crippen LogP contribution in [0.3, 0.4) is 0 Å². The lowest BCUT2D eigenvalue weighted by molar-refractivity contribution is -0.385. The summed E-state index contributed by atoms with van der Waals surface area (Å²) in [6.45, 7) is 1.81. The average molecular weight is 536 g/mol. The molecule has 198 valence electrons. The first-order valence-electron chi connectivity index (χ1n) is 12.5. The molecule has 4 aromatic rings. The molecule has 0 saturated carbocycles. The second-order valence-corrected chi connectivity index (χ2v) is 9.68. The molecule has 0 aliphatic carbocycles. The zero-order valence-corrected chi connectivity index (χ0v) is 21.2. The van der Waals surface area contributed by atoms with Crippen molar-refractivity contribution < 1.29 is 28.8 Å². The van der Waals surface area contributed by atoms with Gasteiger partial charge < -0.3 is 9.64 Å². The molecule has 0 spiro atoms. The molecule has 0 aromatic heterocycles. The number of aryl methyl sites for hydroxylation is 1. The maximum atomic E-state index is 13.1. The SMILES string of the molecule is Cc1cc(OC(=O)[C@H]2CC(=O)N(c3cccc4ccccc34)C2)ccc1N1C(=O)c2cccc([N+](=O)[O-])c2C1=O. The molecule has 6 rings (SSSR count). The number of fused-ring (bicyclic) bond motifs is 2. The lowest BCUT2D eigenvalue weighted by Gasteiger charge is -2.19. The van der Waals surface area contributed by atoms with Crippen molar-refractivity contribution in [3.05, 3.63) is 106 Å². The topological polar surface area (TPSA) is 127 Å². The van der Waals surface area contributed by atoms with Gasteiger partial charge in [0.15, 0.2) is 0 Å².